The van der Waals surface area contributed by atoms with Crippen LogP contribution < -0.4 is 10.5 Å². The Labute approximate surface area is 108 Å². The van der Waals surface area contributed by atoms with Crippen LogP contribution >= 0.6 is 23.2 Å². The molecule has 0 aliphatic rings. The van der Waals surface area contributed by atoms with Crippen LogP contribution in [0.1, 0.15) is 5.82 Å². The first kappa shape index (κ1) is 12.0. The first-order chi connectivity index (χ1) is 8.15. The van der Waals surface area contributed by atoms with Crippen molar-refractivity contribution in [3.8, 4) is 5.75 Å². The maximum atomic E-state index is 5.95. The SMILES string of the molecule is Nc1ccnc(COc2ccc(Cl)cc2Cl)n1. The lowest BCUT2D eigenvalue weighted by molar-refractivity contribution is 0.296. The molecule has 4 nitrogen and oxygen atoms in total. The summed E-state index contributed by atoms with van der Waals surface area (Å²) >= 11 is 11.7. The third-order valence-electron chi connectivity index (χ3n) is 1.98. The molecule has 1 heterocycles. The fourth-order valence-electron chi connectivity index (χ4n) is 1.22. The van der Waals surface area contributed by atoms with Crippen molar-refractivity contribution >= 4 is 29.0 Å². The zero-order chi connectivity index (χ0) is 12.3. The second-order valence-electron chi connectivity index (χ2n) is 3.26. The molecular formula is C11H9Cl2N3O. The molecule has 17 heavy (non-hydrogen) atoms. The van der Waals surface area contributed by atoms with Gasteiger partial charge in [-0.25, -0.2) is 9.97 Å². The molecule has 0 radical (unpaired) electrons. The van der Waals surface area contributed by atoms with E-state index in [4.69, 9.17) is 33.7 Å². The van der Waals surface area contributed by atoms with Crippen molar-refractivity contribution in [3.05, 3.63) is 46.3 Å². The fourth-order valence-corrected chi connectivity index (χ4v) is 1.68. The van der Waals surface area contributed by atoms with Crippen LogP contribution in [0.2, 0.25) is 10.0 Å². The topological polar surface area (TPSA) is 61.0 Å². The van der Waals surface area contributed by atoms with Crippen LogP contribution in [0.4, 0.5) is 5.82 Å². The summed E-state index contributed by atoms with van der Waals surface area (Å²) in [6.45, 7) is 0.201. The number of anilines is 1. The van der Waals surface area contributed by atoms with Crippen molar-refractivity contribution in [1.82, 2.24) is 9.97 Å². The first-order valence-electron chi connectivity index (χ1n) is 4.80. The fraction of sp³-hybridized carbons (Fsp3) is 0.0909. The number of halogens is 2. The van der Waals surface area contributed by atoms with Crippen molar-refractivity contribution in [2.75, 3.05) is 5.73 Å². The molecule has 0 aliphatic carbocycles. The Kier molecular flexibility index (Phi) is 3.66. The highest BCUT2D eigenvalue weighted by molar-refractivity contribution is 6.35. The Morgan fingerprint density at radius 1 is 1.24 bits per heavy atom. The summed E-state index contributed by atoms with van der Waals surface area (Å²) in [7, 11) is 0. The summed E-state index contributed by atoms with van der Waals surface area (Å²) in [5.41, 5.74) is 5.53. The van der Waals surface area contributed by atoms with Gasteiger partial charge in [0.25, 0.3) is 0 Å². The third kappa shape index (κ3) is 3.22. The van der Waals surface area contributed by atoms with E-state index < -0.39 is 0 Å². The molecule has 1 aromatic heterocycles. The Hall–Kier alpha value is -1.52. The van der Waals surface area contributed by atoms with E-state index in [0.29, 0.717) is 27.4 Å². The number of hydrogen-bond donors (Lipinski definition) is 1. The monoisotopic (exact) mass is 269 g/mol. The zero-order valence-corrected chi connectivity index (χ0v) is 10.2. The van der Waals surface area contributed by atoms with E-state index in [-0.39, 0.29) is 6.61 Å². The highest BCUT2D eigenvalue weighted by Gasteiger charge is 2.04. The van der Waals surface area contributed by atoms with Gasteiger partial charge in [0.05, 0.1) is 5.02 Å². The predicted octanol–water partition coefficient (Wildman–Crippen LogP) is 2.94. The lowest BCUT2D eigenvalue weighted by atomic mass is 10.3. The summed E-state index contributed by atoms with van der Waals surface area (Å²) in [5, 5.41) is 1.00. The maximum absolute atomic E-state index is 5.95. The number of nitrogens with two attached hydrogens (primary N) is 1. The number of benzene rings is 1. The second kappa shape index (κ2) is 5.21. The Morgan fingerprint density at radius 3 is 2.76 bits per heavy atom. The number of hydrogen-bond acceptors (Lipinski definition) is 4. The van der Waals surface area contributed by atoms with Crippen LogP contribution in [-0.2, 0) is 6.61 Å². The van der Waals surface area contributed by atoms with Gasteiger partial charge in [0.2, 0.25) is 0 Å². The minimum Gasteiger partial charge on any atom is -0.484 e. The van der Waals surface area contributed by atoms with Gasteiger partial charge in [0.15, 0.2) is 5.82 Å². The molecule has 0 atom stereocenters. The van der Waals surface area contributed by atoms with E-state index in [1.165, 1.54) is 0 Å². The van der Waals surface area contributed by atoms with Gasteiger partial charge in [0, 0.05) is 11.2 Å². The smallest absolute Gasteiger partial charge is 0.168 e. The third-order valence-corrected chi connectivity index (χ3v) is 2.51. The summed E-state index contributed by atoms with van der Waals surface area (Å²) in [5.74, 6) is 1.43. The maximum Gasteiger partial charge on any atom is 0.168 e. The number of nitrogens with zero attached hydrogens (tertiary/aromatic N) is 2. The minimum absolute atomic E-state index is 0.201. The molecular weight excluding hydrogens is 261 g/mol. The molecule has 2 aromatic rings. The molecule has 0 fully saturated rings. The van der Waals surface area contributed by atoms with Crippen molar-refractivity contribution in [2.24, 2.45) is 0 Å². The lowest BCUT2D eigenvalue weighted by Crippen LogP contribution is -2.03. The van der Waals surface area contributed by atoms with Gasteiger partial charge in [0.1, 0.15) is 18.2 Å². The average molecular weight is 270 g/mol. The molecule has 2 N–H and O–H groups in total. The van der Waals surface area contributed by atoms with E-state index >= 15 is 0 Å². The minimum atomic E-state index is 0.201. The molecule has 0 aliphatic heterocycles. The Morgan fingerprint density at radius 2 is 2.06 bits per heavy atom. The van der Waals surface area contributed by atoms with E-state index in [2.05, 4.69) is 9.97 Å². The van der Waals surface area contributed by atoms with Gasteiger partial charge >= 0.3 is 0 Å². The highest BCUT2D eigenvalue weighted by atomic mass is 35.5. The van der Waals surface area contributed by atoms with Crippen molar-refractivity contribution < 1.29 is 4.74 Å². The first-order valence-corrected chi connectivity index (χ1v) is 5.56. The van der Waals surface area contributed by atoms with E-state index in [1.54, 1.807) is 30.5 Å². The van der Waals surface area contributed by atoms with Gasteiger partial charge < -0.3 is 10.5 Å². The van der Waals surface area contributed by atoms with Crippen molar-refractivity contribution in [2.45, 2.75) is 6.61 Å². The number of nitrogen functional groups attached to an aromatic ring is 1. The Balaban J connectivity index is 2.07. The standard InChI is InChI=1S/C11H9Cl2N3O/c12-7-1-2-9(8(13)5-7)17-6-11-15-4-3-10(14)16-11/h1-5H,6H2,(H2,14,15,16). The molecule has 0 bridgehead atoms. The number of rotatable bonds is 3. The summed E-state index contributed by atoms with van der Waals surface area (Å²) in [6.07, 6.45) is 1.57. The molecule has 1 aromatic carbocycles. The van der Waals surface area contributed by atoms with Crippen LogP contribution in [-0.4, -0.2) is 9.97 Å². The number of aromatic nitrogens is 2. The zero-order valence-electron chi connectivity index (χ0n) is 8.73. The van der Waals surface area contributed by atoms with Gasteiger partial charge in [-0.15, -0.1) is 0 Å². The van der Waals surface area contributed by atoms with Crippen LogP contribution in [0.15, 0.2) is 30.5 Å². The number of ether oxygens (including phenoxy) is 1. The normalized spacial score (nSPS) is 10.2. The van der Waals surface area contributed by atoms with Gasteiger partial charge in [-0.05, 0) is 24.3 Å². The molecule has 88 valence electrons. The van der Waals surface area contributed by atoms with Gasteiger partial charge in [-0.1, -0.05) is 23.2 Å². The average Bonchev–Trinajstić information content (AvgIpc) is 2.28. The second-order valence-corrected chi connectivity index (χ2v) is 4.10. The van der Waals surface area contributed by atoms with Crippen LogP contribution in [0, 0.1) is 0 Å². The van der Waals surface area contributed by atoms with Crippen LogP contribution in [0.3, 0.4) is 0 Å². The van der Waals surface area contributed by atoms with Crippen molar-refractivity contribution in [3.63, 3.8) is 0 Å². The lowest BCUT2D eigenvalue weighted by Gasteiger charge is -2.07. The predicted molar refractivity (Wildman–Crippen MR) is 67.2 cm³/mol. The van der Waals surface area contributed by atoms with Crippen LogP contribution in [0.25, 0.3) is 0 Å². The van der Waals surface area contributed by atoms with Crippen molar-refractivity contribution in [1.29, 1.82) is 0 Å². The van der Waals surface area contributed by atoms with Crippen LogP contribution in [0.5, 0.6) is 5.75 Å². The molecule has 6 heteroatoms. The van der Waals surface area contributed by atoms with Gasteiger partial charge in [-0.3, -0.25) is 0 Å². The molecule has 0 spiro atoms. The molecule has 0 saturated carbocycles. The van der Waals surface area contributed by atoms with Gasteiger partial charge in [-0.2, -0.15) is 0 Å². The quantitative estimate of drug-likeness (QED) is 0.931. The molecule has 2 rings (SSSR count). The molecule has 0 saturated heterocycles. The van der Waals surface area contributed by atoms with E-state index in [0.717, 1.165) is 0 Å². The summed E-state index contributed by atoms with van der Waals surface area (Å²) in [6, 6.07) is 6.61. The highest BCUT2D eigenvalue weighted by Crippen LogP contribution is 2.27. The van der Waals surface area contributed by atoms with E-state index in [1.807, 2.05) is 0 Å². The van der Waals surface area contributed by atoms with E-state index in [9.17, 15) is 0 Å². The molecule has 0 amide bonds. The summed E-state index contributed by atoms with van der Waals surface area (Å²) in [4.78, 5) is 8.02. The summed E-state index contributed by atoms with van der Waals surface area (Å²) < 4.78 is 5.46. The Bertz CT molecular complexity index is 534. The molecule has 0 unspecified atom stereocenters. The largest absolute Gasteiger partial charge is 0.484 e.